The van der Waals surface area contributed by atoms with Gasteiger partial charge in [-0.15, -0.1) is 0 Å². The van der Waals surface area contributed by atoms with Crippen LogP contribution in [0.2, 0.25) is 0 Å². The molecule has 0 aromatic carbocycles. The number of rotatable bonds is 2. The summed E-state index contributed by atoms with van der Waals surface area (Å²) >= 11 is 0. The van der Waals surface area contributed by atoms with E-state index < -0.39 is 0 Å². The summed E-state index contributed by atoms with van der Waals surface area (Å²) in [4.78, 5) is 0. The Hall–Kier alpha value is -0.120. The lowest BCUT2D eigenvalue weighted by atomic mass is 9.86. The number of hydrogen-bond acceptors (Lipinski definition) is 3. The van der Waals surface area contributed by atoms with Crippen LogP contribution in [0.5, 0.6) is 0 Å². The largest absolute Gasteiger partial charge is 0.313 e. The molecule has 0 saturated carbocycles. The molecule has 1 aliphatic rings. The third-order valence-corrected chi connectivity index (χ3v) is 3.74. The van der Waals surface area contributed by atoms with Crippen LogP contribution in [-0.4, -0.2) is 33.4 Å². The molecule has 1 atom stereocenters. The predicted octanol–water partition coefficient (Wildman–Crippen LogP) is 2.64. The smallest absolute Gasteiger partial charge is 0.0451 e. The average molecular weight is 228 g/mol. The molecular weight excluding hydrogens is 200 g/mol. The summed E-state index contributed by atoms with van der Waals surface area (Å²) in [6, 6.07) is 0. The number of hydrogen-bond donors (Lipinski definition) is 2. The van der Waals surface area contributed by atoms with E-state index in [1.165, 1.54) is 5.06 Å². The van der Waals surface area contributed by atoms with Crippen molar-refractivity contribution in [2.75, 3.05) is 6.54 Å². The maximum absolute atomic E-state index is 10.2. The van der Waals surface area contributed by atoms with Gasteiger partial charge in [-0.25, -0.2) is 0 Å². The molecule has 0 bridgehead atoms. The van der Waals surface area contributed by atoms with Gasteiger partial charge in [-0.3, -0.25) is 0 Å². The highest BCUT2D eigenvalue weighted by atomic mass is 16.5. The molecule has 1 aliphatic heterocycles. The third kappa shape index (κ3) is 2.76. The van der Waals surface area contributed by atoms with Crippen molar-refractivity contribution in [2.45, 2.75) is 71.5 Å². The monoisotopic (exact) mass is 228 g/mol. The molecule has 1 heterocycles. The van der Waals surface area contributed by atoms with Crippen LogP contribution in [0.3, 0.4) is 0 Å². The van der Waals surface area contributed by atoms with E-state index in [2.05, 4.69) is 53.8 Å². The van der Waals surface area contributed by atoms with E-state index in [1.54, 1.807) is 0 Å². The summed E-state index contributed by atoms with van der Waals surface area (Å²) in [5.74, 6) is 0.478. The molecule has 1 unspecified atom stereocenters. The summed E-state index contributed by atoms with van der Waals surface area (Å²) in [5, 5.41) is 15.3. The molecular formula is C13H28N2O. The van der Waals surface area contributed by atoms with Crippen molar-refractivity contribution < 1.29 is 5.21 Å². The van der Waals surface area contributed by atoms with Crippen molar-refractivity contribution in [3.8, 4) is 0 Å². The van der Waals surface area contributed by atoms with Gasteiger partial charge in [0.2, 0.25) is 0 Å². The molecule has 0 aliphatic carbocycles. The van der Waals surface area contributed by atoms with E-state index in [0.29, 0.717) is 5.92 Å². The van der Waals surface area contributed by atoms with E-state index in [4.69, 9.17) is 0 Å². The van der Waals surface area contributed by atoms with Crippen molar-refractivity contribution in [2.24, 2.45) is 5.92 Å². The second kappa shape index (κ2) is 3.97. The molecule has 16 heavy (non-hydrogen) atoms. The fourth-order valence-corrected chi connectivity index (χ4v) is 2.64. The van der Waals surface area contributed by atoms with Gasteiger partial charge in [0, 0.05) is 23.2 Å². The van der Waals surface area contributed by atoms with Crippen LogP contribution in [0.4, 0.5) is 0 Å². The normalized spacial score (nSPS) is 29.6. The summed E-state index contributed by atoms with van der Waals surface area (Å²) < 4.78 is 0. The highest BCUT2D eigenvalue weighted by Crippen LogP contribution is 2.43. The van der Waals surface area contributed by atoms with E-state index in [0.717, 1.165) is 13.0 Å². The van der Waals surface area contributed by atoms with Gasteiger partial charge < -0.3 is 10.5 Å². The molecule has 96 valence electrons. The fraction of sp³-hybridized carbons (Fsp3) is 1.00. The Balaban J connectivity index is 2.69. The van der Waals surface area contributed by atoms with Crippen LogP contribution in [0.15, 0.2) is 0 Å². The maximum Gasteiger partial charge on any atom is 0.0451 e. The lowest BCUT2D eigenvalue weighted by molar-refractivity contribution is -0.196. The third-order valence-electron chi connectivity index (χ3n) is 3.74. The maximum atomic E-state index is 10.2. The van der Waals surface area contributed by atoms with Gasteiger partial charge in [0.25, 0.3) is 0 Å². The Morgan fingerprint density at radius 1 is 1.25 bits per heavy atom. The molecule has 0 spiro atoms. The van der Waals surface area contributed by atoms with Crippen molar-refractivity contribution in [1.82, 2.24) is 10.4 Å². The first kappa shape index (κ1) is 13.9. The van der Waals surface area contributed by atoms with Gasteiger partial charge in [0.05, 0.1) is 0 Å². The molecule has 3 nitrogen and oxygen atoms in total. The summed E-state index contributed by atoms with van der Waals surface area (Å²) in [5.41, 5.74) is -0.126. The van der Waals surface area contributed by atoms with Gasteiger partial charge in [-0.1, -0.05) is 0 Å². The molecule has 0 radical (unpaired) electrons. The van der Waals surface area contributed by atoms with E-state index in [-0.39, 0.29) is 16.6 Å². The van der Waals surface area contributed by atoms with Gasteiger partial charge in [0.1, 0.15) is 0 Å². The first-order chi connectivity index (χ1) is 6.97. The molecule has 1 fully saturated rings. The van der Waals surface area contributed by atoms with Crippen LogP contribution in [0, 0.1) is 5.92 Å². The standard InChI is InChI=1S/C13H28N2O/c1-11(2,3)14-9-10-8-12(4,5)15(16)13(10,6)7/h10,14,16H,8-9H2,1-7H3. The van der Waals surface area contributed by atoms with E-state index in [1.807, 2.05) is 0 Å². The van der Waals surface area contributed by atoms with Crippen LogP contribution in [0.25, 0.3) is 0 Å². The molecule has 3 heteroatoms. The zero-order valence-corrected chi connectivity index (χ0v) is 11.9. The molecule has 1 rings (SSSR count). The van der Waals surface area contributed by atoms with E-state index >= 15 is 0 Å². The van der Waals surface area contributed by atoms with Crippen LogP contribution in [0.1, 0.15) is 54.9 Å². The van der Waals surface area contributed by atoms with Crippen molar-refractivity contribution in [1.29, 1.82) is 0 Å². The van der Waals surface area contributed by atoms with Gasteiger partial charge in [-0.05, 0) is 60.8 Å². The summed E-state index contributed by atoms with van der Waals surface area (Å²) in [6.45, 7) is 15.9. The highest BCUT2D eigenvalue weighted by Gasteiger charge is 2.50. The predicted molar refractivity (Wildman–Crippen MR) is 67.6 cm³/mol. The minimum absolute atomic E-state index is 0.117. The number of nitrogens with zero attached hydrogens (tertiary/aromatic N) is 1. The van der Waals surface area contributed by atoms with E-state index in [9.17, 15) is 5.21 Å². The zero-order chi connectivity index (χ0) is 12.8. The molecule has 0 amide bonds. The molecule has 1 saturated heterocycles. The topological polar surface area (TPSA) is 35.5 Å². The van der Waals surface area contributed by atoms with Crippen LogP contribution >= 0.6 is 0 Å². The lowest BCUT2D eigenvalue weighted by Gasteiger charge is -2.36. The second-order valence-corrected chi connectivity index (χ2v) is 7.31. The van der Waals surface area contributed by atoms with Gasteiger partial charge in [-0.2, -0.15) is 5.06 Å². The van der Waals surface area contributed by atoms with Crippen LogP contribution in [-0.2, 0) is 0 Å². The average Bonchev–Trinajstić information content (AvgIpc) is 2.22. The number of nitrogens with one attached hydrogen (secondary N) is 1. The quantitative estimate of drug-likeness (QED) is 0.762. The van der Waals surface area contributed by atoms with Gasteiger partial charge >= 0.3 is 0 Å². The number of hydroxylamine groups is 2. The minimum atomic E-state index is -0.151. The Kier molecular flexibility index (Phi) is 3.46. The first-order valence-electron chi connectivity index (χ1n) is 6.21. The Morgan fingerprint density at radius 2 is 1.75 bits per heavy atom. The second-order valence-electron chi connectivity index (χ2n) is 7.31. The Labute approximate surface area is 100 Å². The summed E-state index contributed by atoms with van der Waals surface area (Å²) in [7, 11) is 0. The Morgan fingerprint density at radius 3 is 2.06 bits per heavy atom. The summed E-state index contributed by atoms with van der Waals surface area (Å²) in [6.07, 6.45) is 1.03. The molecule has 0 aromatic rings. The van der Waals surface area contributed by atoms with Crippen LogP contribution < -0.4 is 5.32 Å². The molecule has 2 N–H and O–H groups in total. The first-order valence-corrected chi connectivity index (χ1v) is 6.21. The minimum Gasteiger partial charge on any atom is -0.313 e. The van der Waals surface area contributed by atoms with Gasteiger partial charge in [0.15, 0.2) is 0 Å². The van der Waals surface area contributed by atoms with Crippen molar-refractivity contribution >= 4 is 0 Å². The van der Waals surface area contributed by atoms with Crippen molar-refractivity contribution in [3.05, 3.63) is 0 Å². The zero-order valence-electron chi connectivity index (χ0n) is 11.9. The van der Waals surface area contributed by atoms with Crippen molar-refractivity contribution in [3.63, 3.8) is 0 Å². The molecule has 0 aromatic heterocycles. The Bertz CT molecular complexity index is 253. The SMILES string of the molecule is CC(C)(C)NCC1CC(C)(C)N(O)C1(C)C. The highest BCUT2D eigenvalue weighted by molar-refractivity contribution is 5.02. The lowest BCUT2D eigenvalue weighted by Crippen LogP contribution is -2.49. The fourth-order valence-electron chi connectivity index (χ4n) is 2.64.